The van der Waals surface area contributed by atoms with Crippen molar-refractivity contribution in [2.75, 3.05) is 33.5 Å². The number of aryl methyl sites for hydroxylation is 1. The van der Waals surface area contributed by atoms with Gasteiger partial charge in [-0.15, -0.1) is 0 Å². The van der Waals surface area contributed by atoms with Crippen molar-refractivity contribution in [1.29, 1.82) is 0 Å². The van der Waals surface area contributed by atoms with Crippen LogP contribution in [0.2, 0.25) is 0 Å². The molecule has 4 nitrogen and oxygen atoms in total. The van der Waals surface area contributed by atoms with Gasteiger partial charge in [-0.05, 0) is 18.6 Å². The van der Waals surface area contributed by atoms with Crippen LogP contribution >= 0.6 is 12.2 Å². The monoisotopic (exact) mass is 283 g/mol. The Morgan fingerprint density at radius 1 is 1.21 bits per heavy atom. The lowest BCUT2D eigenvalue weighted by molar-refractivity contribution is 0.0644. The molecular formula is C14H21NO3S. The van der Waals surface area contributed by atoms with Crippen LogP contribution in [0.1, 0.15) is 17.5 Å². The van der Waals surface area contributed by atoms with Crippen molar-refractivity contribution in [1.82, 2.24) is 0 Å². The maximum Gasteiger partial charge on any atom is 0.122 e. The molecule has 0 spiro atoms. The normalized spacial score (nSPS) is 10.4. The molecule has 0 aromatic heterocycles. The molecule has 0 aliphatic rings. The Hall–Kier alpha value is -1.17. The van der Waals surface area contributed by atoms with Gasteiger partial charge in [-0.2, -0.15) is 0 Å². The van der Waals surface area contributed by atoms with Crippen LogP contribution in [0, 0.1) is 6.92 Å². The molecule has 0 atom stereocenters. The van der Waals surface area contributed by atoms with E-state index in [9.17, 15) is 0 Å². The minimum absolute atomic E-state index is 0.382. The van der Waals surface area contributed by atoms with E-state index in [1.807, 2.05) is 25.1 Å². The van der Waals surface area contributed by atoms with Gasteiger partial charge in [0.25, 0.3) is 0 Å². The Morgan fingerprint density at radius 2 is 2.00 bits per heavy atom. The van der Waals surface area contributed by atoms with Gasteiger partial charge >= 0.3 is 0 Å². The van der Waals surface area contributed by atoms with E-state index in [-0.39, 0.29) is 0 Å². The third kappa shape index (κ3) is 6.00. The number of thiocarbonyl (C=S) groups is 1. The molecule has 1 aromatic carbocycles. The number of rotatable bonds is 9. The Morgan fingerprint density at radius 3 is 2.68 bits per heavy atom. The second-order valence-corrected chi connectivity index (χ2v) is 4.59. The molecule has 5 heteroatoms. The summed E-state index contributed by atoms with van der Waals surface area (Å²) >= 11 is 4.95. The van der Waals surface area contributed by atoms with E-state index >= 15 is 0 Å². The van der Waals surface area contributed by atoms with Crippen molar-refractivity contribution in [3.8, 4) is 5.75 Å². The minimum Gasteiger partial charge on any atom is -0.493 e. The highest BCUT2D eigenvalue weighted by Gasteiger charge is 2.03. The number of nitrogens with two attached hydrogens (primary N) is 1. The molecule has 1 aromatic rings. The average Bonchev–Trinajstić information content (AvgIpc) is 2.39. The Bertz CT molecular complexity index is 410. The Kier molecular flexibility index (Phi) is 7.40. The van der Waals surface area contributed by atoms with Crippen LogP contribution in [0.3, 0.4) is 0 Å². The standard InChI is InChI=1S/C14H21NO3S/c1-11-4-5-12(14(15)19)10-13(11)18-7-3-6-17-9-8-16-2/h4-5,10H,3,6-9H2,1-2H3,(H2,15,19). The third-order valence-electron chi connectivity index (χ3n) is 2.60. The molecule has 0 aliphatic heterocycles. The summed E-state index contributed by atoms with van der Waals surface area (Å²) in [5.74, 6) is 0.821. The summed E-state index contributed by atoms with van der Waals surface area (Å²) < 4.78 is 16.0. The van der Waals surface area contributed by atoms with Crippen LogP contribution in [0.4, 0.5) is 0 Å². The lowest BCUT2D eigenvalue weighted by Gasteiger charge is -2.11. The fraction of sp³-hybridized carbons (Fsp3) is 0.500. The van der Waals surface area contributed by atoms with Gasteiger partial charge in [0.05, 0.1) is 19.8 Å². The predicted molar refractivity (Wildman–Crippen MR) is 79.9 cm³/mol. The van der Waals surface area contributed by atoms with E-state index in [1.54, 1.807) is 7.11 Å². The summed E-state index contributed by atoms with van der Waals surface area (Å²) in [6.07, 6.45) is 0.834. The highest BCUT2D eigenvalue weighted by molar-refractivity contribution is 7.80. The molecule has 2 N–H and O–H groups in total. The van der Waals surface area contributed by atoms with Gasteiger partial charge in [-0.25, -0.2) is 0 Å². The van der Waals surface area contributed by atoms with Crippen molar-refractivity contribution >= 4 is 17.2 Å². The van der Waals surface area contributed by atoms with Gasteiger partial charge in [0.1, 0.15) is 10.7 Å². The number of hydrogen-bond donors (Lipinski definition) is 1. The lowest BCUT2D eigenvalue weighted by atomic mass is 10.1. The second kappa shape index (κ2) is 8.85. The van der Waals surface area contributed by atoms with E-state index in [1.165, 1.54) is 0 Å². The SMILES string of the molecule is COCCOCCCOc1cc(C(N)=S)ccc1C. The first-order valence-corrected chi connectivity index (χ1v) is 6.66. The lowest BCUT2D eigenvalue weighted by Crippen LogP contribution is -2.10. The summed E-state index contributed by atoms with van der Waals surface area (Å²) in [6, 6.07) is 5.74. The average molecular weight is 283 g/mol. The van der Waals surface area contributed by atoms with Gasteiger partial charge in [0, 0.05) is 25.7 Å². The number of methoxy groups -OCH3 is 1. The van der Waals surface area contributed by atoms with E-state index in [4.69, 9.17) is 32.2 Å². The van der Waals surface area contributed by atoms with Gasteiger partial charge in [-0.3, -0.25) is 0 Å². The molecule has 0 radical (unpaired) electrons. The molecule has 0 heterocycles. The summed E-state index contributed by atoms with van der Waals surface area (Å²) in [7, 11) is 1.66. The van der Waals surface area contributed by atoms with Gasteiger partial charge in [0.15, 0.2) is 0 Å². The first-order chi connectivity index (χ1) is 9.15. The topological polar surface area (TPSA) is 53.7 Å². The van der Waals surface area contributed by atoms with E-state index < -0.39 is 0 Å². The highest BCUT2D eigenvalue weighted by atomic mass is 32.1. The van der Waals surface area contributed by atoms with Crippen molar-refractivity contribution in [2.45, 2.75) is 13.3 Å². The fourth-order valence-electron chi connectivity index (χ4n) is 1.50. The molecule has 0 unspecified atom stereocenters. The number of benzene rings is 1. The molecule has 0 fully saturated rings. The van der Waals surface area contributed by atoms with Crippen LogP contribution in [-0.2, 0) is 9.47 Å². The smallest absolute Gasteiger partial charge is 0.122 e. The molecule has 0 amide bonds. The molecule has 0 aliphatic carbocycles. The summed E-state index contributed by atoms with van der Waals surface area (Å²) in [5.41, 5.74) is 7.50. The zero-order chi connectivity index (χ0) is 14.1. The largest absolute Gasteiger partial charge is 0.493 e. The second-order valence-electron chi connectivity index (χ2n) is 4.15. The third-order valence-corrected chi connectivity index (χ3v) is 2.83. The van der Waals surface area contributed by atoms with Crippen molar-refractivity contribution < 1.29 is 14.2 Å². The Labute approximate surface area is 119 Å². The maximum atomic E-state index is 5.71. The molecule has 106 valence electrons. The summed E-state index contributed by atoms with van der Waals surface area (Å²) in [5, 5.41) is 0. The summed E-state index contributed by atoms with van der Waals surface area (Å²) in [6.45, 7) is 4.50. The first kappa shape index (κ1) is 15.9. The van der Waals surface area contributed by atoms with Crippen LogP contribution in [0.25, 0.3) is 0 Å². The van der Waals surface area contributed by atoms with Crippen molar-refractivity contribution in [3.63, 3.8) is 0 Å². The predicted octanol–water partition coefficient (Wildman–Crippen LogP) is 2.06. The first-order valence-electron chi connectivity index (χ1n) is 6.25. The fourth-order valence-corrected chi connectivity index (χ4v) is 1.62. The quantitative estimate of drug-likeness (QED) is 0.555. The molecule has 0 saturated heterocycles. The van der Waals surface area contributed by atoms with Crippen molar-refractivity contribution in [2.24, 2.45) is 5.73 Å². The molecular weight excluding hydrogens is 262 g/mol. The van der Waals surface area contributed by atoms with Crippen LogP contribution < -0.4 is 10.5 Å². The van der Waals surface area contributed by atoms with E-state index in [0.29, 0.717) is 31.4 Å². The van der Waals surface area contributed by atoms with E-state index in [0.717, 1.165) is 23.3 Å². The number of ether oxygens (including phenoxy) is 3. The van der Waals surface area contributed by atoms with Crippen LogP contribution in [-0.4, -0.2) is 38.5 Å². The van der Waals surface area contributed by atoms with Crippen LogP contribution in [0.15, 0.2) is 18.2 Å². The maximum absolute atomic E-state index is 5.71. The van der Waals surface area contributed by atoms with Crippen LogP contribution in [0.5, 0.6) is 5.75 Å². The minimum atomic E-state index is 0.382. The zero-order valence-corrected chi connectivity index (χ0v) is 12.3. The van der Waals surface area contributed by atoms with Gasteiger partial charge in [0.2, 0.25) is 0 Å². The molecule has 19 heavy (non-hydrogen) atoms. The van der Waals surface area contributed by atoms with Gasteiger partial charge < -0.3 is 19.9 Å². The molecule has 1 rings (SSSR count). The molecule has 0 saturated carbocycles. The zero-order valence-electron chi connectivity index (χ0n) is 11.5. The van der Waals surface area contributed by atoms with Crippen molar-refractivity contribution in [3.05, 3.63) is 29.3 Å². The van der Waals surface area contributed by atoms with E-state index in [2.05, 4.69) is 0 Å². The number of hydrogen-bond acceptors (Lipinski definition) is 4. The Balaban J connectivity index is 2.32. The molecule has 0 bridgehead atoms. The van der Waals surface area contributed by atoms with Gasteiger partial charge in [-0.1, -0.05) is 24.4 Å². The summed E-state index contributed by atoms with van der Waals surface area (Å²) in [4.78, 5) is 0.382. The highest BCUT2D eigenvalue weighted by Crippen LogP contribution is 2.19.